The van der Waals surface area contributed by atoms with Crippen LogP contribution in [-0.4, -0.2) is 15.0 Å². The average molecular weight is 558 g/mol. The van der Waals surface area contributed by atoms with Crippen LogP contribution in [0, 0.1) is 0 Å². The highest BCUT2D eigenvalue weighted by atomic mass is 16.3. The molecule has 0 aliphatic heterocycles. The Kier molecular flexibility index (Phi) is 5.48. The molecule has 43 heavy (non-hydrogen) atoms. The molecular formula is C39H31N3O. The van der Waals surface area contributed by atoms with E-state index in [4.69, 9.17) is 19.4 Å². The summed E-state index contributed by atoms with van der Waals surface area (Å²) < 4.78 is 6.72. The zero-order valence-electron chi connectivity index (χ0n) is 24.7. The van der Waals surface area contributed by atoms with Gasteiger partial charge in [-0.15, -0.1) is 0 Å². The molecule has 8 rings (SSSR count). The molecule has 0 unspecified atom stereocenters. The van der Waals surface area contributed by atoms with Crippen LogP contribution in [0.25, 0.3) is 67.2 Å². The minimum absolute atomic E-state index is 0.0818. The minimum atomic E-state index is -0.156. The zero-order chi connectivity index (χ0) is 29.3. The molecule has 0 fully saturated rings. The lowest BCUT2D eigenvalue weighted by Gasteiger charge is -2.48. The van der Waals surface area contributed by atoms with Crippen molar-refractivity contribution in [3.8, 4) is 45.3 Å². The fourth-order valence-electron chi connectivity index (χ4n) is 6.67. The Bertz CT molecular complexity index is 2120. The van der Waals surface area contributed by atoms with Gasteiger partial charge >= 0.3 is 0 Å². The highest BCUT2D eigenvalue weighted by Crippen LogP contribution is 2.56. The van der Waals surface area contributed by atoms with Crippen molar-refractivity contribution in [2.24, 2.45) is 0 Å². The molecule has 4 nitrogen and oxygen atoms in total. The lowest BCUT2D eigenvalue weighted by molar-refractivity contribution is 0.299. The molecule has 1 aliphatic carbocycles. The lowest BCUT2D eigenvalue weighted by Crippen LogP contribution is -2.43. The van der Waals surface area contributed by atoms with Crippen LogP contribution in [0.15, 0.2) is 120 Å². The number of aromatic nitrogens is 3. The Morgan fingerprint density at radius 1 is 0.488 bits per heavy atom. The van der Waals surface area contributed by atoms with Crippen LogP contribution in [0.1, 0.15) is 38.8 Å². The minimum Gasteiger partial charge on any atom is -0.456 e. The van der Waals surface area contributed by atoms with Gasteiger partial charge in [0.25, 0.3) is 0 Å². The molecule has 0 atom stereocenters. The second-order valence-electron chi connectivity index (χ2n) is 12.5. The summed E-state index contributed by atoms with van der Waals surface area (Å²) in [6, 6.07) is 39.7. The first-order valence-corrected chi connectivity index (χ1v) is 14.8. The number of rotatable bonds is 3. The van der Waals surface area contributed by atoms with Crippen LogP contribution < -0.4 is 0 Å². The smallest absolute Gasteiger partial charge is 0.164 e. The number of hydrogen-bond acceptors (Lipinski definition) is 4. The SMILES string of the molecule is CC1(C)c2ccccc2-c2ccc3c(oc4ccc(-c5nc(-c6ccccc6)nc(-c6ccccc6)n5)cc43)c2C1(C)C. The number of fused-ring (bicyclic) bond motifs is 7. The van der Waals surface area contributed by atoms with Crippen molar-refractivity contribution < 1.29 is 4.42 Å². The molecule has 208 valence electrons. The van der Waals surface area contributed by atoms with Crippen molar-refractivity contribution >= 4 is 21.9 Å². The highest BCUT2D eigenvalue weighted by molar-refractivity contribution is 6.09. The van der Waals surface area contributed by atoms with Crippen molar-refractivity contribution in [3.05, 3.63) is 126 Å². The van der Waals surface area contributed by atoms with E-state index in [1.165, 1.54) is 22.3 Å². The van der Waals surface area contributed by atoms with E-state index in [-0.39, 0.29) is 10.8 Å². The van der Waals surface area contributed by atoms with E-state index in [1.54, 1.807) is 0 Å². The van der Waals surface area contributed by atoms with Crippen molar-refractivity contribution in [1.29, 1.82) is 0 Å². The lowest BCUT2D eigenvalue weighted by atomic mass is 9.55. The average Bonchev–Trinajstić information content (AvgIpc) is 3.42. The fraction of sp³-hybridized carbons (Fsp3) is 0.154. The normalized spacial score (nSPS) is 14.9. The first-order chi connectivity index (χ1) is 20.8. The maximum atomic E-state index is 6.72. The predicted octanol–water partition coefficient (Wildman–Crippen LogP) is 10.0. The van der Waals surface area contributed by atoms with Crippen molar-refractivity contribution in [3.63, 3.8) is 0 Å². The molecule has 4 heteroatoms. The van der Waals surface area contributed by atoms with Gasteiger partial charge in [-0.3, -0.25) is 0 Å². The van der Waals surface area contributed by atoms with Gasteiger partial charge in [0.1, 0.15) is 11.2 Å². The molecule has 7 aromatic rings. The van der Waals surface area contributed by atoms with Gasteiger partial charge in [0, 0.05) is 38.4 Å². The summed E-state index contributed by atoms with van der Waals surface area (Å²) in [4.78, 5) is 14.8. The third-order valence-electron chi connectivity index (χ3n) is 9.68. The van der Waals surface area contributed by atoms with Gasteiger partial charge in [-0.25, -0.2) is 15.0 Å². The van der Waals surface area contributed by atoms with Gasteiger partial charge in [-0.05, 0) is 46.4 Å². The first kappa shape index (κ1) is 25.6. The van der Waals surface area contributed by atoms with Gasteiger partial charge in [0.05, 0.1) is 0 Å². The number of nitrogens with zero attached hydrogens (tertiary/aromatic N) is 3. The Labute approximate surface area is 251 Å². The Morgan fingerprint density at radius 3 is 1.72 bits per heavy atom. The molecule has 0 bridgehead atoms. The molecule has 0 spiro atoms. The van der Waals surface area contributed by atoms with E-state index in [9.17, 15) is 0 Å². The van der Waals surface area contributed by atoms with E-state index in [1.807, 2.05) is 60.7 Å². The van der Waals surface area contributed by atoms with E-state index in [0.717, 1.165) is 38.6 Å². The highest BCUT2D eigenvalue weighted by Gasteiger charge is 2.47. The third kappa shape index (κ3) is 3.79. The van der Waals surface area contributed by atoms with Gasteiger partial charge in [0.2, 0.25) is 0 Å². The number of furan rings is 1. The summed E-state index contributed by atoms with van der Waals surface area (Å²) in [6.07, 6.45) is 0. The van der Waals surface area contributed by atoms with E-state index in [2.05, 4.69) is 82.3 Å². The fourth-order valence-corrected chi connectivity index (χ4v) is 6.67. The second-order valence-corrected chi connectivity index (χ2v) is 12.5. The monoisotopic (exact) mass is 557 g/mol. The standard InChI is InChI=1S/C39H31N3O/c1-38(2)31-18-12-11-17-27(31)28-20-21-29-30-23-26(19-22-32(30)43-34(29)33(28)39(38,3)4)37-41-35(24-13-7-5-8-14-24)40-36(42-37)25-15-9-6-10-16-25/h5-23H,1-4H3. The zero-order valence-corrected chi connectivity index (χ0v) is 24.7. The number of benzene rings is 5. The molecule has 0 N–H and O–H groups in total. The quantitative estimate of drug-likeness (QED) is 0.217. The van der Waals surface area contributed by atoms with Crippen LogP contribution in [0.2, 0.25) is 0 Å². The van der Waals surface area contributed by atoms with Crippen molar-refractivity contribution in [2.75, 3.05) is 0 Å². The van der Waals surface area contributed by atoms with Gasteiger partial charge in [0.15, 0.2) is 17.5 Å². The van der Waals surface area contributed by atoms with Crippen LogP contribution in [0.4, 0.5) is 0 Å². The number of hydrogen-bond donors (Lipinski definition) is 0. The molecular weight excluding hydrogens is 526 g/mol. The third-order valence-corrected chi connectivity index (χ3v) is 9.68. The van der Waals surface area contributed by atoms with E-state index < -0.39 is 0 Å². The molecule has 0 saturated carbocycles. The van der Waals surface area contributed by atoms with Crippen molar-refractivity contribution in [1.82, 2.24) is 15.0 Å². The Morgan fingerprint density at radius 2 is 1.07 bits per heavy atom. The predicted molar refractivity (Wildman–Crippen MR) is 175 cm³/mol. The summed E-state index contributed by atoms with van der Waals surface area (Å²) in [5.74, 6) is 1.94. The van der Waals surface area contributed by atoms with Crippen LogP contribution in [0.3, 0.4) is 0 Å². The summed E-state index contributed by atoms with van der Waals surface area (Å²) in [7, 11) is 0. The van der Waals surface area contributed by atoms with Crippen molar-refractivity contribution in [2.45, 2.75) is 38.5 Å². The van der Waals surface area contributed by atoms with Gasteiger partial charge in [-0.1, -0.05) is 119 Å². The first-order valence-electron chi connectivity index (χ1n) is 14.8. The Hall–Kier alpha value is -5.09. The van der Waals surface area contributed by atoms with E-state index in [0.29, 0.717) is 17.5 Å². The molecule has 2 heterocycles. The van der Waals surface area contributed by atoms with Crippen LogP contribution in [-0.2, 0) is 10.8 Å². The molecule has 0 radical (unpaired) electrons. The summed E-state index contributed by atoms with van der Waals surface area (Å²) in [6.45, 7) is 9.40. The molecule has 5 aromatic carbocycles. The van der Waals surface area contributed by atoms with Gasteiger partial charge in [-0.2, -0.15) is 0 Å². The summed E-state index contributed by atoms with van der Waals surface area (Å²) >= 11 is 0. The second kappa shape index (κ2) is 9.20. The summed E-state index contributed by atoms with van der Waals surface area (Å²) in [5, 5.41) is 2.17. The Balaban J connectivity index is 1.35. The molecule has 0 amide bonds. The van der Waals surface area contributed by atoms with Crippen LogP contribution >= 0.6 is 0 Å². The largest absolute Gasteiger partial charge is 0.456 e. The maximum Gasteiger partial charge on any atom is 0.164 e. The van der Waals surface area contributed by atoms with E-state index >= 15 is 0 Å². The molecule has 1 aliphatic rings. The summed E-state index contributed by atoms with van der Waals surface area (Å²) in [5.41, 5.74) is 9.61. The molecule has 2 aromatic heterocycles. The maximum absolute atomic E-state index is 6.72. The topological polar surface area (TPSA) is 51.8 Å². The molecule has 0 saturated heterocycles. The van der Waals surface area contributed by atoms with Gasteiger partial charge < -0.3 is 4.42 Å². The van der Waals surface area contributed by atoms with Crippen LogP contribution in [0.5, 0.6) is 0 Å².